The van der Waals surface area contributed by atoms with Crippen molar-refractivity contribution in [3.63, 3.8) is 0 Å². The Morgan fingerprint density at radius 3 is 2.68 bits per heavy atom. The predicted molar refractivity (Wildman–Crippen MR) is 72.0 cm³/mol. The summed E-state index contributed by atoms with van der Waals surface area (Å²) in [5.41, 5.74) is 1.73. The maximum absolute atomic E-state index is 11.5. The number of hydrogen-bond acceptors (Lipinski definition) is 5. The van der Waals surface area contributed by atoms with Crippen molar-refractivity contribution < 1.29 is 19.7 Å². The largest absolute Gasteiger partial charge is 0.465 e. The van der Waals surface area contributed by atoms with E-state index >= 15 is 0 Å². The molecule has 0 spiro atoms. The molecule has 0 aromatic heterocycles. The molecule has 5 heteroatoms. The summed E-state index contributed by atoms with van der Waals surface area (Å²) in [5.74, 6) is -0.460. The number of esters is 1. The minimum atomic E-state index is -1.02. The van der Waals surface area contributed by atoms with Crippen LogP contribution in [0.3, 0.4) is 0 Å². The van der Waals surface area contributed by atoms with Crippen molar-refractivity contribution >= 4 is 5.97 Å². The van der Waals surface area contributed by atoms with Crippen LogP contribution in [0.4, 0.5) is 0 Å². The highest BCUT2D eigenvalue weighted by molar-refractivity contribution is 5.89. The molecule has 1 aromatic carbocycles. The molecule has 1 rings (SSSR count). The third-order valence-corrected chi connectivity index (χ3v) is 3.07. The van der Waals surface area contributed by atoms with E-state index in [0.717, 1.165) is 5.56 Å². The molecule has 0 aliphatic heterocycles. The van der Waals surface area contributed by atoms with Crippen LogP contribution < -0.4 is 5.32 Å². The summed E-state index contributed by atoms with van der Waals surface area (Å²) < 4.78 is 4.64. The second-order valence-electron chi connectivity index (χ2n) is 4.47. The molecule has 0 radical (unpaired) electrons. The van der Waals surface area contributed by atoms with Gasteiger partial charge in [-0.05, 0) is 50.2 Å². The van der Waals surface area contributed by atoms with Gasteiger partial charge in [-0.25, -0.2) is 4.79 Å². The number of aliphatic hydroxyl groups is 2. The summed E-state index contributed by atoms with van der Waals surface area (Å²) in [7, 11) is 3.09. The van der Waals surface area contributed by atoms with Crippen LogP contribution in [0.25, 0.3) is 0 Å². The molecule has 3 N–H and O–H groups in total. The van der Waals surface area contributed by atoms with Gasteiger partial charge in [0.1, 0.15) is 6.10 Å². The number of aliphatic hydroxyl groups excluding tert-OH is 2. The van der Waals surface area contributed by atoms with Gasteiger partial charge in [-0.2, -0.15) is 0 Å². The summed E-state index contributed by atoms with van der Waals surface area (Å²) >= 11 is 0. The molecule has 0 amide bonds. The molecule has 2 atom stereocenters. The van der Waals surface area contributed by atoms with Crippen LogP contribution in [0.5, 0.6) is 0 Å². The number of rotatable bonds is 6. The van der Waals surface area contributed by atoms with Gasteiger partial charge in [0, 0.05) is 0 Å². The molecule has 5 nitrogen and oxygen atoms in total. The molecule has 0 fully saturated rings. The van der Waals surface area contributed by atoms with Crippen molar-refractivity contribution in [2.75, 3.05) is 20.7 Å². The Kier molecular flexibility index (Phi) is 5.95. The van der Waals surface area contributed by atoms with Crippen LogP contribution >= 0.6 is 0 Å². The van der Waals surface area contributed by atoms with E-state index in [0.29, 0.717) is 24.1 Å². The lowest BCUT2D eigenvalue weighted by atomic mass is 9.96. The van der Waals surface area contributed by atoms with Crippen LogP contribution in [0.2, 0.25) is 0 Å². The average Bonchev–Trinajstić information content (AvgIpc) is 2.43. The summed E-state index contributed by atoms with van der Waals surface area (Å²) in [5, 5.41) is 23.0. The lowest BCUT2D eigenvalue weighted by molar-refractivity contribution is 0.0136. The van der Waals surface area contributed by atoms with Crippen molar-refractivity contribution in [1.29, 1.82) is 0 Å². The van der Waals surface area contributed by atoms with E-state index in [1.54, 1.807) is 25.2 Å². The van der Waals surface area contributed by atoms with Crippen molar-refractivity contribution in [2.24, 2.45) is 0 Å². The number of carbonyl (C=O) groups excluding carboxylic acids is 1. The average molecular weight is 267 g/mol. The van der Waals surface area contributed by atoms with Gasteiger partial charge in [-0.3, -0.25) is 0 Å². The maximum Gasteiger partial charge on any atom is 0.337 e. The highest BCUT2D eigenvalue weighted by Gasteiger charge is 2.21. The quantitative estimate of drug-likeness (QED) is 0.664. The van der Waals surface area contributed by atoms with E-state index in [4.69, 9.17) is 0 Å². The van der Waals surface area contributed by atoms with E-state index < -0.39 is 18.2 Å². The standard InChI is InChI=1S/C14H21NO4/c1-9-4-5-10(14(18)19-3)8-11(9)13(17)12(16)6-7-15-2/h4-5,8,12-13,15-17H,6-7H2,1-3H3. The van der Waals surface area contributed by atoms with E-state index in [-0.39, 0.29) is 0 Å². The van der Waals surface area contributed by atoms with E-state index in [1.807, 2.05) is 6.92 Å². The zero-order valence-electron chi connectivity index (χ0n) is 11.5. The minimum Gasteiger partial charge on any atom is -0.465 e. The monoisotopic (exact) mass is 267 g/mol. The number of aryl methyl sites for hydroxylation is 1. The second-order valence-corrected chi connectivity index (χ2v) is 4.47. The molecule has 0 saturated heterocycles. The first kappa shape index (κ1) is 15.6. The van der Waals surface area contributed by atoms with Gasteiger partial charge in [0.15, 0.2) is 0 Å². The summed E-state index contributed by atoms with van der Waals surface area (Å²) in [6.07, 6.45) is -1.46. The van der Waals surface area contributed by atoms with Crippen molar-refractivity contribution in [3.05, 3.63) is 34.9 Å². The normalized spacial score (nSPS) is 13.9. The van der Waals surface area contributed by atoms with Gasteiger partial charge < -0.3 is 20.3 Å². The Balaban J connectivity index is 2.94. The van der Waals surface area contributed by atoms with Crippen LogP contribution in [-0.4, -0.2) is 43.0 Å². The zero-order valence-corrected chi connectivity index (χ0v) is 11.5. The lowest BCUT2D eigenvalue weighted by Crippen LogP contribution is -2.24. The second kappa shape index (κ2) is 7.23. The van der Waals surface area contributed by atoms with E-state index in [2.05, 4.69) is 10.1 Å². The van der Waals surface area contributed by atoms with Crippen LogP contribution in [0.1, 0.15) is 34.0 Å². The number of benzene rings is 1. The molecule has 2 unspecified atom stereocenters. The minimum absolute atomic E-state index is 0.364. The van der Waals surface area contributed by atoms with Gasteiger partial charge in [0.05, 0.1) is 18.8 Å². The highest BCUT2D eigenvalue weighted by atomic mass is 16.5. The predicted octanol–water partition coefficient (Wildman–Crippen LogP) is 0.785. The molecule has 0 aliphatic carbocycles. The third-order valence-electron chi connectivity index (χ3n) is 3.07. The van der Waals surface area contributed by atoms with Gasteiger partial charge in [-0.15, -0.1) is 0 Å². The Morgan fingerprint density at radius 1 is 1.42 bits per heavy atom. The van der Waals surface area contributed by atoms with E-state index in [9.17, 15) is 15.0 Å². The third kappa shape index (κ3) is 4.02. The molecule has 106 valence electrons. The van der Waals surface area contributed by atoms with Crippen LogP contribution in [-0.2, 0) is 4.74 Å². The Bertz CT molecular complexity index is 433. The van der Waals surface area contributed by atoms with Gasteiger partial charge in [-0.1, -0.05) is 6.07 Å². The van der Waals surface area contributed by atoms with Crippen molar-refractivity contribution in [3.8, 4) is 0 Å². The van der Waals surface area contributed by atoms with E-state index in [1.165, 1.54) is 7.11 Å². The van der Waals surface area contributed by atoms with Crippen molar-refractivity contribution in [1.82, 2.24) is 5.32 Å². The molecule has 1 aromatic rings. The van der Waals surface area contributed by atoms with Gasteiger partial charge in [0.2, 0.25) is 0 Å². The van der Waals surface area contributed by atoms with Crippen LogP contribution in [0.15, 0.2) is 18.2 Å². The fourth-order valence-corrected chi connectivity index (χ4v) is 1.86. The number of methoxy groups -OCH3 is 1. The molecule has 0 aliphatic rings. The number of nitrogens with one attached hydrogen (secondary N) is 1. The molecule has 0 saturated carbocycles. The Hall–Kier alpha value is -1.43. The zero-order chi connectivity index (χ0) is 14.4. The summed E-state index contributed by atoms with van der Waals surface area (Å²) in [6, 6.07) is 4.93. The Morgan fingerprint density at radius 2 is 2.11 bits per heavy atom. The first-order chi connectivity index (χ1) is 9.01. The smallest absolute Gasteiger partial charge is 0.337 e. The van der Waals surface area contributed by atoms with Gasteiger partial charge >= 0.3 is 5.97 Å². The number of ether oxygens (including phenoxy) is 1. The Labute approximate surface area is 113 Å². The maximum atomic E-state index is 11.5. The molecular formula is C14H21NO4. The fraction of sp³-hybridized carbons (Fsp3) is 0.500. The number of hydrogen-bond donors (Lipinski definition) is 3. The first-order valence-electron chi connectivity index (χ1n) is 6.20. The summed E-state index contributed by atoms with van der Waals surface area (Å²) in [4.78, 5) is 11.5. The topological polar surface area (TPSA) is 78.8 Å². The number of carbonyl (C=O) groups is 1. The lowest BCUT2D eigenvalue weighted by Gasteiger charge is -2.20. The van der Waals surface area contributed by atoms with Crippen molar-refractivity contribution in [2.45, 2.75) is 25.6 Å². The highest BCUT2D eigenvalue weighted by Crippen LogP contribution is 2.24. The summed E-state index contributed by atoms with van der Waals surface area (Å²) in [6.45, 7) is 2.43. The first-order valence-corrected chi connectivity index (χ1v) is 6.20. The molecular weight excluding hydrogens is 246 g/mol. The SMILES string of the molecule is CNCCC(O)C(O)c1cc(C(=O)OC)ccc1C. The fourth-order valence-electron chi connectivity index (χ4n) is 1.86. The van der Waals surface area contributed by atoms with Crippen LogP contribution in [0, 0.1) is 6.92 Å². The molecule has 19 heavy (non-hydrogen) atoms. The molecule has 0 bridgehead atoms. The molecule has 0 heterocycles. The van der Waals surface area contributed by atoms with Gasteiger partial charge in [0.25, 0.3) is 0 Å².